The number of nitrogens with one attached hydrogen (secondary N) is 1. The van der Waals surface area contributed by atoms with Gasteiger partial charge in [-0.15, -0.1) is 5.10 Å². The number of Topliss-reactive ketones (excluding diaryl/α,β-unsaturated/α-hetero) is 1. The average molecular weight is 772 g/mol. The number of rotatable bonds is 16. The standard InChI is InChI=1S/C42H57N7O7/c1-27(2)34(23-32(50)19-13-14-20-36-44-45-46-49(36)42(5,6)31-17-9-8-10-18-31)38(51)43-37(28(3)4)39(52)48-26-33(24-35(48)40(53)55-7)56-41(54)47-22-21-29-15-11-12-16-30(29)25-47/h8-12,15-18,27-28,33-35,37H,13-14,19-26H2,1-7H3,(H,43,51)/t33?,34-,35-,37?/m0/s1. The van der Waals surface area contributed by atoms with Crippen LogP contribution in [0.15, 0.2) is 54.6 Å². The second kappa shape index (κ2) is 18.7. The Labute approximate surface area is 329 Å². The highest BCUT2D eigenvalue weighted by molar-refractivity contribution is 5.93. The van der Waals surface area contributed by atoms with E-state index in [-0.39, 0.29) is 37.0 Å². The van der Waals surface area contributed by atoms with Crippen molar-refractivity contribution in [3.05, 3.63) is 77.1 Å². The van der Waals surface area contributed by atoms with Crippen molar-refractivity contribution in [2.24, 2.45) is 17.8 Å². The van der Waals surface area contributed by atoms with Gasteiger partial charge in [0.1, 0.15) is 24.0 Å². The van der Waals surface area contributed by atoms with Crippen LogP contribution in [-0.2, 0) is 53.6 Å². The third-order valence-corrected chi connectivity index (χ3v) is 11.1. The summed E-state index contributed by atoms with van der Waals surface area (Å²) in [6.07, 6.45) is 1.78. The maximum atomic E-state index is 14.1. The maximum Gasteiger partial charge on any atom is 0.410 e. The minimum atomic E-state index is -0.984. The molecule has 1 saturated heterocycles. The van der Waals surface area contributed by atoms with Crippen molar-refractivity contribution < 1.29 is 33.4 Å². The number of aromatic nitrogens is 4. The van der Waals surface area contributed by atoms with Crippen LogP contribution in [0.5, 0.6) is 0 Å². The third-order valence-electron chi connectivity index (χ3n) is 11.1. The lowest BCUT2D eigenvalue weighted by atomic mass is 9.88. The molecule has 3 amide bonds. The van der Waals surface area contributed by atoms with Crippen LogP contribution in [0, 0.1) is 17.8 Å². The topological polar surface area (TPSA) is 166 Å². The van der Waals surface area contributed by atoms with Crippen molar-refractivity contribution in [3.8, 4) is 0 Å². The number of benzene rings is 2. The number of aryl methyl sites for hydroxylation is 1. The molecule has 56 heavy (non-hydrogen) atoms. The number of ketones is 1. The van der Waals surface area contributed by atoms with Gasteiger partial charge in [-0.25, -0.2) is 14.3 Å². The van der Waals surface area contributed by atoms with E-state index in [1.54, 1.807) is 4.90 Å². The smallest absolute Gasteiger partial charge is 0.410 e. The van der Waals surface area contributed by atoms with Crippen LogP contribution in [0.4, 0.5) is 4.79 Å². The molecule has 0 spiro atoms. The van der Waals surface area contributed by atoms with Gasteiger partial charge in [0.05, 0.1) is 19.2 Å². The lowest BCUT2D eigenvalue weighted by Crippen LogP contribution is -2.55. The number of esters is 1. The maximum absolute atomic E-state index is 14.1. The van der Waals surface area contributed by atoms with Crippen LogP contribution in [0.3, 0.4) is 0 Å². The lowest BCUT2D eigenvalue weighted by molar-refractivity contribution is -0.152. The Morgan fingerprint density at radius 1 is 0.929 bits per heavy atom. The van der Waals surface area contributed by atoms with Crippen molar-refractivity contribution in [2.75, 3.05) is 20.2 Å². The van der Waals surface area contributed by atoms with E-state index in [2.05, 4.69) is 40.8 Å². The van der Waals surface area contributed by atoms with Crippen LogP contribution in [-0.4, -0.2) is 98.1 Å². The van der Waals surface area contributed by atoms with Gasteiger partial charge in [-0.1, -0.05) is 82.3 Å². The second-order valence-corrected chi connectivity index (χ2v) is 16.2. The van der Waals surface area contributed by atoms with E-state index in [1.165, 1.54) is 17.6 Å². The van der Waals surface area contributed by atoms with E-state index < -0.39 is 53.5 Å². The minimum absolute atomic E-state index is 0.0178. The van der Waals surface area contributed by atoms with E-state index in [1.807, 2.05) is 80.9 Å². The molecule has 2 unspecified atom stereocenters. The molecule has 4 atom stereocenters. The fourth-order valence-electron chi connectivity index (χ4n) is 7.66. The average Bonchev–Trinajstić information content (AvgIpc) is 3.85. The predicted molar refractivity (Wildman–Crippen MR) is 208 cm³/mol. The van der Waals surface area contributed by atoms with E-state index in [4.69, 9.17) is 9.47 Å². The number of nitrogens with zero attached hydrogens (tertiary/aromatic N) is 6. The van der Waals surface area contributed by atoms with Gasteiger partial charge in [0.15, 0.2) is 5.82 Å². The zero-order chi connectivity index (χ0) is 40.6. The fraction of sp³-hybridized carbons (Fsp3) is 0.571. The van der Waals surface area contributed by atoms with Gasteiger partial charge in [-0.2, -0.15) is 0 Å². The molecule has 2 aliphatic heterocycles. The van der Waals surface area contributed by atoms with E-state index >= 15 is 0 Å². The molecule has 2 aromatic carbocycles. The largest absolute Gasteiger partial charge is 0.467 e. The van der Waals surface area contributed by atoms with Gasteiger partial charge in [0.2, 0.25) is 11.8 Å². The number of likely N-dealkylation sites (tertiary alicyclic amines) is 1. The van der Waals surface area contributed by atoms with Crippen LogP contribution < -0.4 is 5.32 Å². The number of amides is 3. The summed E-state index contributed by atoms with van der Waals surface area (Å²) in [6, 6.07) is 16.0. The van der Waals surface area contributed by atoms with Crippen molar-refractivity contribution in [1.82, 2.24) is 35.3 Å². The molecule has 0 aliphatic carbocycles. The Hall–Kier alpha value is -5.14. The first kappa shape index (κ1) is 42.0. The number of tetrazole rings is 1. The number of hydrogen-bond donors (Lipinski definition) is 1. The first-order valence-corrected chi connectivity index (χ1v) is 19.8. The number of unbranched alkanes of at least 4 members (excludes halogenated alkanes) is 1. The molecular formula is C42H57N7O7. The molecule has 5 rings (SSSR count). The summed E-state index contributed by atoms with van der Waals surface area (Å²) in [4.78, 5) is 70.3. The molecular weight excluding hydrogens is 715 g/mol. The molecule has 2 aliphatic rings. The second-order valence-electron chi connectivity index (χ2n) is 16.2. The Morgan fingerprint density at radius 3 is 2.30 bits per heavy atom. The Kier molecular flexibility index (Phi) is 14.0. The highest BCUT2D eigenvalue weighted by atomic mass is 16.6. The predicted octanol–water partition coefficient (Wildman–Crippen LogP) is 4.88. The summed E-state index contributed by atoms with van der Waals surface area (Å²) in [5.74, 6) is -1.97. The van der Waals surface area contributed by atoms with Crippen LogP contribution in [0.25, 0.3) is 0 Å². The molecule has 1 aromatic heterocycles. The summed E-state index contributed by atoms with van der Waals surface area (Å²) < 4.78 is 12.7. The number of fused-ring (bicyclic) bond motifs is 1. The van der Waals surface area contributed by atoms with Crippen molar-refractivity contribution in [3.63, 3.8) is 0 Å². The zero-order valence-corrected chi connectivity index (χ0v) is 33.8. The SMILES string of the molecule is COC(=O)[C@@H]1CC(OC(=O)N2CCc3ccccc3C2)CN1C(=O)C(NC(=O)[C@@H](CC(=O)CCCCc1nnnn1C(C)(C)c1ccccc1)C(C)C)C(C)C. The van der Waals surface area contributed by atoms with Gasteiger partial charge >= 0.3 is 12.1 Å². The summed E-state index contributed by atoms with van der Waals surface area (Å²) in [5.41, 5.74) is 2.88. The zero-order valence-electron chi connectivity index (χ0n) is 33.8. The number of methoxy groups -OCH3 is 1. The molecule has 3 heterocycles. The third kappa shape index (κ3) is 9.99. The summed E-state index contributed by atoms with van der Waals surface area (Å²) in [7, 11) is 1.25. The van der Waals surface area contributed by atoms with Gasteiger partial charge < -0.3 is 24.6 Å². The number of hydrogen-bond acceptors (Lipinski definition) is 10. The normalized spacial score (nSPS) is 18.0. The van der Waals surface area contributed by atoms with Crippen molar-refractivity contribution >= 4 is 29.7 Å². The van der Waals surface area contributed by atoms with Crippen molar-refractivity contribution in [2.45, 2.75) is 117 Å². The van der Waals surface area contributed by atoms with Crippen LogP contribution >= 0.6 is 0 Å². The fourth-order valence-corrected chi connectivity index (χ4v) is 7.66. The first-order chi connectivity index (χ1) is 26.7. The van der Waals surface area contributed by atoms with Crippen LogP contribution in [0.2, 0.25) is 0 Å². The van der Waals surface area contributed by atoms with Gasteiger partial charge in [0.25, 0.3) is 0 Å². The Balaban J connectivity index is 1.15. The Morgan fingerprint density at radius 2 is 1.62 bits per heavy atom. The monoisotopic (exact) mass is 771 g/mol. The molecule has 1 N–H and O–H groups in total. The van der Waals surface area contributed by atoms with Gasteiger partial charge in [-0.3, -0.25) is 14.4 Å². The summed E-state index contributed by atoms with van der Waals surface area (Å²) >= 11 is 0. The molecule has 0 saturated carbocycles. The number of carbonyl (C=O) groups excluding carboxylic acids is 5. The molecule has 302 valence electrons. The summed E-state index contributed by atoms with van der Waals surface area (Å²) in [6.45, 7) is 12.4. The first-order valence-electron chi connectivity index (χ1n) is 19.8. The molecule has 0 radical (unpaired) electrons. The van der Waals surface area contributed by atoms with Crippen molar-refractivity contribution in [1.29, 1.82) is 0 Å². The van der Waals surface area contributed by atoms with E-state index in [0.29, 0.717) is 45.2 Å². The quantitative estimate of drug-likeness (QED) is 0.157. The minimum Gasteiger partial charge on any atom is -0.467 e. The van der Waals surface area contributed by atoms with E-state index in [9.17, 15) is 24.0 Å². The highest BCUT2D eigenvalue weighted by Gasteiger charge is 2.45. The Bertz CT molecular complexity index is 1840. The lowest BCUT2D eigenvalue weighted by Gasteiger charge is -2.31. The van der Waals surface area contributed by atoms with Crippen LogP contribution in [0.1, 0.15) is 96.2 Å². The summed E-state index contributed by atoms with van der Waals surface area (Å²) in [5, 5.41) is 15.3. The molecule has 3 aromatic rings. The molecule has 14 heteroatoms. The van der Waals surface area contributed by atoms with Gasteiger partial charge in [-0.05, 0) is 72.1 Å². The highest BCUT2D eigenvalue weighted by Crippen LogP contribution is 2.28. The number of ether oxygens (including phenoxy) is 2. The van der Waals surface area contributed by atoms with Gasteiger partial charge in [0, 0.05) is 44.7 Å². The van der Waals surface area contributed by atoms with E-state index in [0.717, 1.165) is 17.0 Å². The number of carbonyl (C=O) groups is 5. The molecule has 0 bridgehead atoms. The molecule has 1 fully saturated rings. The molecule has 14 nitrogen and oxygen atoms in total.